The largest absolute Gasteiger partial charge is 0.295 e. The van der Waals surface area contributed by atoms with E-state index in [0.717, 1.165) is 16.8 Å². The molecular weight excluding hydrogens is 212 g/mol. The number of benzene rings is 1. The van der Waals surface area contributed by atoms with E-state index in [1.165, 1.54) is 5.56 Å². The summed E-state index contributed by atoms with van der Waals surface area (Å²) in [6, 6.07) is 8.12. The molecule has 0 bridgehead atoms. The second-order valence-electron chi connectivity index (χ2n) is 4.73. The van der Waals surface area contributed by atoms with Crippen molar-refractivity contribution in [3.8, 4) is 11.3 Å². The Morgan fingerprint density at radius 2 is 1.88 bits per heavy atom. The van der Waals surface area contributed by atoms with Crippen LogP contribution in [0.5, 0.6) is 0 Å². The molecule has 90 valence electrons. The number of H-pyrrole nitrogens is 1. The zero-order valence-corrected chi connectivity index (χ0v) is 10.7. The second kappa shape index (κ2) is 4.24. The maximum Gasteiger partial charge on any atom is 0.270 e. The number of aromatic amines is 1. The third-order valence-electron chi connectivity index (χ3n) is 3.08. The average Bonchev–Trinajstić information content (AvgIpc) is 2.56. The minimum absolute atomic E-state index is 0.0678. The molecule has 1 aromatic heterocycles. The Morgan fingerprint density at radius 3 is 2.47 bits per heavy atom. The van der Waals surface area contributed by atoms with Crippen LogP contribution in [0.2, 0.25) is 0 Å². The summed E-state index contributed by atoms with van der Waals surface area (Å²) >= 11 is 0. The van der Waals surface area contributed by atoms with Crippen molar-refractivity contribution in [3.05, 3.63) is 45.7 Å². The van der Waals surface area contributed by atoms with Crippen molar-refractivity contribution in [1.82, 2.24) is 9.78 Å². The first-order valence-corrected chi connectivity index (χ1v) is 5.87. The lowest BCUT2D eigenvalue weighted by Crippen LogP contribution is -2.15. The molecule has 0 saturated heterocycles. The molecule has 0 amide bonds. The Balaban J connectivity index is 2.73. The van der Waals surface area contributed by atoms with E-state index in [0.29, 0.717) is 0 Å². The zero-order valence-electron chi connectivity index (χ0n) is 10.7. The van der Waals surface area contributed by atoms with Gasteiger partial charge in [0.15, 0.2) is 0 Å². The monoisotopic (exact) mass is 230 g/mol. The van der Waals surface area contributed by atoms with E-state index in [2.05, 4.69) is 18.1 Å². The maximum atomic E-state index is 12.0. The van der Waals surface area contributed by atoms with E-state index in [1.54, 1.807) is 11.7 Å². The van der Waals surface area contributed by atoms with Gasteiger partial charge in [0.2, 0.25) is 0 Å². The number of nitrogens with one attached hydrogen (secondary N) is 1. The fraction of sp³-hybridized carbons (Fsp3) is 0.357. The van der Waals surface area contributed by atoms with Crippen LogP contribution in [0.4, 0.5) is 0 Å². The molecule has 3 nitrogen and oxygen atoms in total. The Hall–Kier alpha value is -1.77. The summed E-state index contributed by atoms with van der Waals surface area (Å²) in [5, 5.41) is 3.16. The molecule has 1 heterocycles. The lowest BCUT2D eigenvalue weighted by atomic mass is 9.97. The van der Waals surface area contributed by atoms with Gasteiger partial charge in [-0.2, -0.15) is 0 Å². The van der Waals surface area contributed by atoms with Crippen LogP contribution in [0, 0.1) is 6.92 Å². The minimum atomic E-state index is 0.0678. The topological polar surface area (TPSA) is 37.8 Å². The number of rotatable bonds is 2. The van der Waals surface area contributed by atoms with Crippen LogP contribution in [0.25, 0.3) is 11.3 Å². The Morgan fingerprint density at radius 1 is 1.24 bits per heavy atom. The normalized spacial score (nSPS) is 11.1. The Bertz CT molecular complexity index is 591. The van der Waals surface area contributed by atoms with Crippen LogP contribution in [-0.2, 0) is 7.05 Å². The zero-order chi connectivity index (χ0) is 12.6. The molecule has 17 heavy (non-hydrogen) atoms. The SMILES string of the molecule is Cc1ccccc1-c1[nH]n(C)c(=O)c1C(C)C. The van der Waals surface area contributed by atoms with E-state index in [1.807, 2.05) is 32.0 Å². The highest BCUT2D eigenvalue weighted by atomic mass is 16.1. The minimum Gasteiger partial charge on any atom is -0.295 e. The number of aryl methyl sites for hydroxylation is 2. The molecule has 0 aliphatic heterocycles. The van der Waals surface area contributed by atoms with Crippen molar-refractivity contribution < 1.29 is 0 Å². The first-order valence-electron chi connectivity index (χ1n) is 5.87. The first-order chi connectivity index (χ1) is 8.02. The van der Waals surface area contributed by atoms with Crippen LogP contribution in [0.3, 0.4) is 0 Å². The lowest BCUT2D eigenvalue weighted by Gasteiger charge is -2.07. The third-order valence-corrected chi connectivity index (χ3v) is 3.08. The van der Waals surface area contributed by atoms with E-state index < -0.39 is 0 Å². The Labute approximate surface area is 101 Å². The molecule has 0 aliphatic carbocycles. The van der Waals surface area contributed by atoms with E-state index in [-0.39, 0.29) is 11.5 Å². The van der Waals surface area contributed by atoms with Gasteiger partial charge in [0.05, 0.1) is 5.69 Å². The summed E-state index contributed by atoms with van der Waals surface area (Å²) in [6.45, 7) is 6.16. The molecular formula is C14H18N2O. The van der Waals surface area contributed by atoms with Gasteiger partial charge in [-0.15, -0.1) is 0 Å². The van der Waals surface area contributed by atoms with Crippen LogP contribution in [0.15, 0.2) is 29.1 Å². The molecule has 0 aliphatic rings. The molecule has 0 unspecified atom stereocenters. The number of hydrogen-bond donors (Lipinski definition) is 1. The molecule has 3 heteroatoms. The van der Waals surface area contributed by atoms with Crippen molar-refractivity contribution in [2.75, 3.05) is 0 Å². The molecule has 0 saturated carbocycles. The third kappa shape index (κ3) is 1.93. The summed E-state index contributed by atoms with van der Waals surface area (Å²) in [5.74, 6) is 0.217. The molecule has 0 atom stereocenters. The van der Waals surface area contributed by atoms with E-state index in [4.69, 9.17) is 0 Å². The fourth-order valence-corrected chi connectivity index (χ4v) is 2.16. The highest BCUT2D eigenvalue weighted by molar-refractivity contribution is 5.66. The molecule has 0 radical (unpaired) electrons. The summed E-state index contributed by atoms with van der Waals surface area (Å²) in [5.41, 5.74) is 4.16. The molecule has 0 fully saturated rings. The van der Waals surface area contributed by atoms with Crippen molar-refractivity contribution in [3.63, 3.8) is 0 Å². The van der Waals surface area contributed by atoms with Crippen LogP contribution < -0.4 is 5.56 Å². The van der Waals surface area contributed by atoms with Crippen molar-refractivity contribution in [2.45, 2.75) is 26.7 Å². The van der Waals surface area contributed by atoms with Crippen LogP contribution in [-0.4, -0.2) is 9.78 Å². The summed E-state index contributed by atoms with van der Waals surface area (Å²) in [6.07, 6.45) is 0. The standard InChI is InChI=1S/C14H18N2O/c1-9(2)12-13(15-16(4)14(12)17)11-8-6-5-7-10(11)3/h5-9,15H,1-4H3. The predicted octanol–water partition coefficient (Wildman–Crippen LogP) is 2.81. The lowest BCUT2D eigenvalue weighted by molar-refractivity contribution is 0.734. The van der Waals surface area contributed by atoms with Crippen LogP contribution in [0.1, 0.15) is 30.9 Å². The Kier molecular flexibility index (Phi) is 2.92. The highest BCUT2D eigenvalue weighted by Gasteiger charge is 2.17. The smallest absolute Gasteiger partial charge is 0.270 e. The molecule has 2 rings (SSSR count). The predicted molar refractivity (Wildman–Crippen MR) is 70.3 cm³/mol. The average molecular weight is 230 g/mol. The summed E-state index contributed by atoms with van der Waals surface area (Å²) in [7, 11) is 1.76. The first kappa shape index (κ1) is 11.7. The van der Waals surface area contributed by atoms with Crippen molar-refractivity contribution in [1.29, 1.82) is 0 Å². The van der Waals surface area contributed by atoms with Gasteiger partial charge >= 0.3 is 0 Å². The molecule has 2 aromatic rings. The van der Waals surface area contributed by atoms with Gasteiger partial charge in [0.1, 0.15) is 0 Å². The highest BCUT2D eigenvalue weighted by Crippen LogP contribution is 2.27. The summed E-state index contributed by atoms with van der Waals surface area (Å²) in [4.78, 5) is 12.0. The van der Waals surface area contributed by atoms with Crippen molar-refractivity contribution >= 4 is 0 Å². The molecule has 1 N–H and O–H groups in total. The fourth-order valence-electron chi connectivity index (χ4n) is 2.16. The number of hydrogen-bond acceptors (Lipinski definition) is 1. The quantitative estimate of drug-likeness (QED) is 0.846. The second-order valence-corrected chi connectivity index (χ2v) is 4.73. The van der Waals surface area contributed by atoms with Crippen LogP contribution >= 0.6 is 0 Å². The van der Waals surface area contributed by atoms with E-state index in [9.17, 15) is 4.79 Å². The van der Waals surface area contributed by atoms with E-state index >= 15 is 0 Å². The van der Waals surface area contributed by atoms with Gasteiger partial charge in [-0.05, 0) is 18.4 Å². The molecule has 0 spiro atoms. The summed E-state index contributed by atoms with van der Waals surface area (Å²) < 4.78 is 1.55. The molecule has 1 aromatic carbocycles. The number of nitrogens with zero attached hydrogens (tertiary/aromatic N) is 1. The van der Waals surface area contributed by atoms with Gasteiger partial charge in [-0.1, -0.05) is 38.1 Å². The van der Waals surface area contributed by atoms with Crippen molar-refractivity contribution in [2.24, 2.45) is 7.05 Å². The van der Waals surface area contributed by atoms with Gasteiger partial charge < -0.3 is 0 Å². The van der Waals surface area contributed by atoms with Gasteiger partial charge in [-0.3, -0.25) is 14.6 Å². The number of aromatic nitrogens is 2. The maximum absolute atomic E-state index is 12.0. The van der Waals surface area contributed by atoms with Gasteiger partial charge in [-0.25, -0.2) is 0 Å². The van der Waals surface area contributed by atoms with Gasteiger partial charge in [0, 0.05) is 18.2 Å². The van der Waals surface area contributed by atoms with Gasteiger partial charge in [0.25, 0.3) is 5.56 Å².